The van der Waals surface area contributed by atoms with Crippen LogP contribution in [-0.2, 0) is 4.79 Å². The summed E-state index contributed by atoms with van der Waals surface area (Å²) in [5.74, 6) is -1.66. The van der Waals surface area contributed by atoms with Gasteiger partial charge in [0, 0.05) is 31.5 Å². The molecule has 2 aromatic heterocycles. The molecule has 0 saturated carbocycles. The number of benzene rings is 1. The Hall–Kier alpha value is -2.68. The number of aromatic nitrogens is 3. The number of nitrogens with one attached hydrogen (secondary N) is 1. The summed E-state index contributed by atoms with van der Waals surface area (Å²) >= 11 is 1.12. The molecule has 3 heterocycles. The number of carbonyl (C=O) groups excluding carboxylic acids is 1. The van der Waals surface area contributed by atoms with Crippen LogP contribution in [0.2, 0.25) is 0 Å². The molecule has 1 aliphatic rings. The molecule has 4 rings (SSSR count). The Morgan fingerprint density at radius 2 is 2.00 bits per heavy atom. The molecular formula is C17H15F2N5OS. The largest absolute Gasteiger partial charge is 0.340 e. The highest BCUT2D eigenvalue weighted by Gasteiger charge is 2.27. The molecule has 6 nitrogen and oxygen atoms in total. The second-order valence-electron chi connectivity index (χ2n) is 6.08. The van der Waals surface area contributed by atoms with Gasteiger partial charge < -0.3 is 10.2 Å². The Balaban J connectivity index is 1.47. The number of rotatable bonds is 3. The number of hydrogen-bond donors (Lipinski definition) is 1. The SMILES string of the molecule is O=C(Nc1nc2cc(F)c(F)cc2s1)[C@@H]1CCCN(c2ncccn2)C1. The normalized spacial score (nSPS) is 17.5. The van der Waals surface area contributed by atoms with E-state index in [-0.39, 0.29) is 11.8 Å². The van der Waals surface area contributed by atoms with Crippen molar-refractivity contribution in [3.05, 3.63) is 42.2 Å². The molecule has 1 aromatic carbocycles. The van der Waals surface area contributed by atoms with E-state index < -0.39 is 11.6 Å². The molecule has 0 bridgehead atoms. The Kier molecular flexibility index (Phi) is 4.46. The standard InChI is InChI=1S/C17H15F2N5OS/c18-11-7-13-14(8-12(11)19)26-17(22-13)23-15(25)10-3-1-6-24(9-10)16-20-4-2-5-21-16/h2,4-5,7-8,10H,1,3,6,9H2,(H,22,23,25)/t10-/m1/s1. The molecule has 1 atom stereocenters. The zero-order valence-electron chi connectivity index (χ0n) is 13.7. The second kappa shape index (κ2) is 6.91. The van der Waals surface area contributed by atoms with Gasteiger partial charge in [-0.1, -0.05) is 11.3 Å². The lowest BCUT2D eigenvalue weighted by Crippen LogP contribution is -2.41. The molecule has 1 saturated heterocycles. The van der Waals surface area contributed by atoms with Gasteiger partial charge in [-0.3, -0.25) is 4.79 Å². The van der Waals surface area contributed by atoms with Crippen LogP contribution in [0.1, 0.15) is 12.8 Å². The minimum absolute atomic E-state index is 0.161. The number of piperidine rings is 1. The van der Waals surface area contributed by atoms with Gasteiger partial charge in [-0.25, -0.2) is 23.7 Å². The summed E-state index contributed by atoms with van der Waals surface area (Å²) in [5.41, 5.74) is 0.326. The monoisotopic (exact) mass is 375 g/mol. The van der Waals surface area contributed by atoms with Crippen molar-refractivity contribution in [3.63, 3.8) is 0 Å². The highest BCUT2D eigenvalue weighted by Crippen LogP contribution is 2.29. The van der Waals surface area contributed by atoms with E-state index in [0.717, 1.165) is 42.9 Å². The average molecular weight is 375 g/mol. The van der Waals surface area contributed by atoms with Crippen LogP contribution in [0, 0.1) is 17.6 Å². The van der Waals surface area contributed by atoms with Crippen molar-refractivity contribution in [2.24, 2.45) is 5.92 Å². The van der Waals surface area contributed by atoms with Crippen LogP contribution in [0.5, 0.6) is 0 Å². The maximum absolute atomic E-state index is 13.3. The first kappa shape index (κ1) is 16.8. The van der Waals surface area contributed by atoms with Gasteiger partial charge in [0.1, 0.15) is 0 Å². The molecule has 0 spiro atoms. The Morgan fingerprint density at radius 3 is 2.81 bits per heavy atom. The molecule has 134 valence electrons. The molecule has 1 N–H and O–H groups in total. The summed E-state index contributed by atoms with van der Waals surface area (Å²) in [6.45, 7) is 1.32. The zero-order valence-corrected chi connectivity index (χ0v) is 14.5. The summed E-state index contributed by atoms with van der Waals surface area (Å²) in [6.07, 6.45) is 4.95. The average Bonchev–Trinajstić information content (AvgIpc) is 3.04. The minimum Gasteiger partial charge on any atom is -0.340 e. The fourth-order valence-electron chi connectivity index (χ4n) is 3.01. The highest BCUT2D eigenvalue weighted by molar-refractivity contribution is 7.22. The van der Waals surface area contributed by atoms with E-state index in [1.54, 1.807) is 18.5 Å². The van der Waals surface area contributed by atoms with E-state index in [4.69, 9.17) is 0 Å². The molecule has 0 radical (unpaired) electrons. The van der Waals surface area contributed by atoms with Crippen LogP contribution in [0.25, 0.3) is 10.2 Å². The number of hydrogen-bond acceptors (Lipinski definition) is 6. The van der Waals surface area contributed by atoms with Crippen molar-refractivity contribution in [3.8, 4) is 0 Å². The van der Waals surface area contributed by atoms with Crippen LogP contribution in [0.4, 0.5) is 19.9 Å². The fourth-order valence-corrected chi connectivity index (χ4v) is 3.89. The van der Waals surface area contributed by atoms with Crippen molar-refractivity contribution < 1.29 is 13.6 Å². The summed E-state index contributed by atoms with van der Waals surface area (Å²) in [4.78, 5) is 27.2. The fraction of sp³-hybridized carbons (Fsp3) is 0.294. The Labute approximate surface area is 151 Å². The number of fused-ring (bicyclic) bond motifs is 1. The van der Waals surface area contributed by atoms with E-state index in [2.05, 4.69) is 20.3 Å². The number of nitrogens with zero attached hydrogens (tertiary/aromatic N) is 4. The van der Waals surface area contributed by atoms with E-state index in [0.29, 0.717) is 27.8 Å². The third kappa shape index (κ3) is 3.34. The van der Waals surface area contributed by atoms with Gasteiger partial charge in [-0.05, 0) is 25.0 Å². The second-order valence-corrected chi connectivity index (χ2v) is 7.11. The summed E-state index contributed by atoms with van der Waals surface area (Å²) in [7, 11) is 0. The first-order chi connectivity index (χ1) is 12.6. The first-order valence-corrected chi connectivity index (χ1v) is 9.00. The number of amides is 1. The maximum Gasteiger partial charge on any atom is 0.231 e. The first-order valence-electron chi connectivity index (χ1n) is 8.18. The molecule has 1 aliphatic heterocycles. The lowest BCUT2D eigenvalue weighted by molar-refractivity contribution is -0.120. The maximum atomic E-state index is 13.3. The van der Waals surface area contributed by atoms with Gasteiger partial charge in [0.15, 0.2) is 16.8 Å². The molecule has 1 amide bonds. The van der Waals surface area contributed by atoms with Crippen molar-refractivity contribution >= 4 is 38.5 Å². The van der Waals surface area contributed by atoms with Crippen LogP contribution >= 0.6 is 11.3 Å². The number of thiazole rings is 1. The predicted octanol–water partition coefficient (Wildman–Crippen LogP) is 3.22. The quantitative estimate of drug-likeness (QED) is 0.761. The molecular weight excluding hydrogens is 360 g/mol. The van der Waals surface area contributed by atoms with Crippen LogP contribution < -0.4 is 10.2 Å². The Morgan fingerprint density at radius 1 is 1.23 bits per heavy atom. The third-order valence-electron chi connectivity index (χ3n) is 4.29. The molecule has 3 aromatic rings. The molecule has 0 aliphatic carbocycles. The molecule has 0 unspecified atom stereocenters. The zero-order chi connectivity index (χ0) is 18.1. The van der Waals surface area contributed by atoms with Crippen LogP contribution in [-0.4, -0.2) is 33.9 Å². The summed E-state index contributed by atoms with van der Waals surface area (Å²) in [5, 5.41) is 3.10. The van der Waals surface area contributed by atoms with Crippen molar-refractivity contribution in [1.82, 2.24) is 15.0 Å². The Bertz CT molecular complexity index is 910. The molecule has 9 heteroatoms. The highest BCUT2D eigenvalue weighted by atomic mass is 32.1. The minimum atomic E-state index is -0.952. The van der Waals surface area contributed by atoms with Crippen molar-refractivity contribution in [2.75, 3.05) is 23.3 Å². The van der Waals surface area contributed by atoms with Crippen molar-refractivity contribution in [2.45, 2.75) is 12.8 Å². The van der Waals surface area contributed by atoms with Gasteiger partial charge in [0.25, 0.3) is 0 Å². The van der Waals surface area contributed by atoms with Gasteiger partial charge in [-0.15, -0.1) is 0 Å². The smallest absolute Gasteiger partial charge is 0.231 e. The third-order valence-corrected chi connectivity index (χ3v) is 5.22. The lowest BCUT2D eigenvalue weighted by atomic mass is 9.97. The van der Waals surface area contributed by atoms with E-state index in [1.807, 2.05) is 4.90 Å². The lowest BCUT2D eigenvalue weighted by Gasteiger charge is -2.31. The van der Waals surface area contributed by atoms with Crippen molar-refractivity contribution in [1.29, 1.82) is 0 Å². The van der Waals surface area contributed by atoms with Gasteiger partial charge >= 0.3 is 0 Å². The van der Waals surface area contributed by atoms with Gasteiger partial charge in [-0.2, -0.15) is 0 Å². The predicted molar refractivity (Wildman–Crippen MR) is 95.1 cm³/mol. The van der Waals surface area contributed by atoms with Gasteiger partial charge in [0.05, 0.1) is 16.1 Å². The summed E-state index contributed by atoms with van der Waals surface area (Å²) < 4.78 is 27.1. The van der Waals surface area contributed by atoms with E-state index in [9.17, 15) is 13.6 Å². The van der Waals surface area contributed by atoms with E-state index >= 15 is 0 Å². The summed E-state index contributed by atoms with van der Waals surface area (Å²) in [6, 6.07) is 3.87. The van der Waals surface area contributed by atoms with Crippen LogP contribution in [0.3, 0.4) is 0 Å². The molecule has 26 heavy (non-hydrogen) atoms. The molecule has 1 fully saturated rings. The number of anilines is 2. The van der Waals surface area contributed by atoms with Crippen LogP contribution in [0.15, 0.2) is 30.6 Å². The van der Waals surface area contributed by atoms with E-state index in [1.165, 1.54) is 0 Å². The topological polar surface area (TPSA) is 71.0 Å². The van der Waals surface area contributed by atoms with Gasteiger partial charge in [0.2, 0.25) is 11.9 Å². The number of carbonyl (C=O) groups is 1. The number of halogens is 2.